The summed E-state index contributed by atoms with van der Waals surface area (Å²) in [5.74, 6) is 0. The molecule has 3 nitrogen and oxygen atoms in total. The zero-order valence-corrected chi connectivity index (χ0v) is 34.6. The zero-order valence-electron chi connectivity index (χ0n) is 34.6. The molecule has 10 aromatic carbocycles. The van der Waals surface area contributed by atoms with Gasteiger partial charge in [-0.15, -0.1) is 0 Å². The minimum atomic E-state index is -0.455. The second-order valence-electron chi connectivity index (χ2n) is 17.2. The third-order valence-electron chi connectivity index (χ3n) is 13.9. The first-order valence-corrected chi connectivity index (χ1v) is 22.0. The van der Waals surface area contributed by atoms with Crippen LogP contribution in [0.25, 0.3) is 88.4 Å². The Hall–Kier alpha value is -8.40. The Morgan fingerprint density at radius 3 is 1.34 bits per heavy atom. The molecule has 2 aromatic heterocycles. The first-order chi connectivity index (χ1) is 31.7. The van der Waals surface area contributed by atoms with E-state index in [1.807, 2.05) is 0 Å². The lowest BCUT2D eigenvalue weighted by atomic mass is 9.70. The van der Waals surface area contributed by atoms with E-state index in [0.29, 0.717) is 0 Å². The lowest BCUT2D eigenvalue weighted by molar-refractivity contribution is 0.664. The van der Waals surface area contributed by atoms with Gasteiger partial charge in [0.05, 0.1) is 5.41 Å². The SMILES string of the molecule is c1ccc(-c2ccc(N(c3ccc4c(c3)C3(c5ccccc5-c5ccccc53)c3ccccc3-4)c3ccc4c(c3)oc3cc5c(cc34)oc3ccc(-c4ccccc4)cc35)cc2)cc1. The highest BCUT2D eigenvalue weighted by Crippen LogP contribution is 2.63. The molecule has 0 unspecified atom stereocenters. The lowest BCUT2D eigenvalue weighted by Crippen LogP contribution is -2.26. The van der Waals surface area contributed by atoms with Crippen LogP contribution in [0.1, 0.15) is 22.3 Å². The van der Waals surface area contributed by atoms with Crippen LogP contribution in [0, 0.1) is 0 Å². The summed E-state index contributed by atoms with van der Waals surface area (Å²) in [5.41, 5.74) is 21.2. The smallest absolute Gasteiger partial charge is 0.137 e. The summed E-state index contributed by atoms with van der Waals surface area (Å²) in [6.45, 7) is 0. The molecule has 0 amide bonds. The maximum Gasteiger partial charge on any atom is 0.137 e. The molecule has 0 bridgehead atoms. The highest BCUT2D eigenvalue weighted by atomic mass is 16.3. The highest BCUT2D eigenvalue weighted by Gasteiger charge is 2.51. The highest BCUT2D eigenvalue weighted by molar-refractivity contribution is 6.15. The van der Waals surface area contributed by atoms with Gasteiger partial charge in [-0.3, -0.25) is 0 Å². The number of nitrogens with zero attached hydrogens (tertiary/aromatic N) is 1. The topological polar surface area (TPSA) is 29.5 Å². The Morgan fingerprint density at radius 2 is 0.703 bits per heavy atom. The van der Waals surface area contributed by atoms with Crippen LogP contribution >= 0.6 is 0 Å². The fourth-order valence-electron chi connectivity index (χ4n) is 11.1. The number of hydrogen-bond donors (Lipinski definition) is 0. The summed E-state index contributed by atoms with van der Waals surface area (Å²) in [5, 5.41) is 4.20. The predicted molar refractivity (Wildman–Crippen MR) is 263 cm³/mol. The maximum atomic E-state index is 6.84. The van der Waals surface area contributed by atoms with Crippen molar-refractivity contribution in [1.29, 1.82) is 0 Å². The van der Waals surface area contributed by atoms with Gasteiger partial charge in [0.2, 0.25) is 0 Å². The van der Waals surface area contributed by atoms with Crippen molar-refractivity contribution in [2.45, 2.75) is 5.41 Å². The molecule has 3 heteroatoms. The maximum absolute atomic E-state index is 6.84. The number of benzene rings is 10. The largest absolute Gasteiger partial charge is 0.456 e. The molecule has 0 radical (unpaired) electrons. The molecule has 64 heavy (non-hydrogen) atoms. The van der Waals surface area contributed by atoms with Crippen LogP contribution in [0.3, 0.4) is 0 Å². The van der Waals surface area contributed by atoms with Crippen molar-refractivity contribution in [3.63, 3.8) is 0 Å². The molecule has 1 spiro atoms. The van der Waals surface area contributed by atoms with Crippen molar-refractivity contribution in [2.75, 3.05) is 4.90 Å². The minimum absolute atomic E-state index is 0.455. The molecule has 2 aliphatic carbocycles. The third-order valence-corrected chi connectivity index (χ3v) is 13.9. The Labute approximate surface area is 369 Å². The van der Waals surface area contributed by atoms with E-state index in [4.69, 9.17) is 8.83 Å². The number of rotatable bonds is 5. The van der Waals surface area contributed by atoms with E-state index >= 15 is 0 Å². The Balaban J connectivity index is 0.959. The molecule has 0 aliphatic heterocycles. The summed E-state index contributed by atoms with van der Waals surface area (Å²) < 4.78 is 13.3. The minimum Gasteiger partial charge on any atom is -0.456 e. The van der Waals surface area contributed by atoms with E-state index in [1.54, 1.807) is 0 Å². The first-order valence-electron chi connectivity index (χ1n) is 22.0. The molecule has 2 heterocycles. The summed E-state index contributed by atoms with van der Waals surface area (Å²) >= 11 is 0. The van der Waals surface area contributed by atoms with Crippen molar-refractivity contribution in [3.05, 3.63) is 247 Å². The number of fused-ring (bicyclic) bond motifs is 16. The first kappa shape index (κ1) is 35.2. The van der Waals surface area contributed by atoms with Crippen LogP contribution < -0.4 is 4.90 Å². The zero-order chi connectivity index (χ0) is 41.9. The third kappa shape index (κ3) is 4.92. The molecule has 14 rings (SSSR count). The second kappa shape index (κ2) is 13.3. The predicted octanol–water partition coefficient (Wildman–Crippen LogP) is 16.6. The molecule has 298 valence electrons. The average Bonchev–Trinajstić information content (AvgIpc) is 4.08. The molecule has 12 aromatic rings. The van der Waals surface area contributed by atoms with Gasteiger partial charge in [-0.25, -0.2) is 0 Å². The van der Waals surface area contributed by atoms with Crippen molar-refractivity contribution >= 4 is 60.9 Å². The van der Waals surface area contributed by atoms with Gasteiger partial charge in [0.15, 0.2) is 0 Å². The Kier molecular flexibility index (Phi) is 7.32. The molecule has 0 N–H and O–H groups in total. The van der Waals surface area contributed by atoms with Gasteiger partial charge in [-0.05, 0) is 127 Å². The van der Waals surface area contributed by atoms with E-state index in [-0.39, 0.29) is 0 Å². The van der Waals surface area contributed by atoms with Gasteiger partial charge in [-0.2, -0.15) is 0 Å². The van der Waals surface area contributed by atoms with Gasteiger partial charge >= 0.3 is 0 Å². The van der Waals surface area contributed by atoms with E-state index in [2.05, 4.69) is 229 Å². The fraction of sp³-hybridized carbons (Fsp3) is 0.0164. The van der Waals surface area contributed by atoms with Crippen LogP contribution in [0.2, 0.25) is 0 Å². The molecular formula is C61H37NO2. The number of furan rings is 2. The average molecular weight is 816 g/mol. The molecule has 0 atom stereocenters. The van der Waals surface area contributed by atoms with Gasteiger partial charge in [0.1, 0.15) is 22.3 Å². The van der Waals surface area contributed by atoms with E-state index in [0.717, 1.165) is 66.5 Å². The molecular weight excluding hydrogens is 779 g/mol. The van der Waals surface area contributed by atoms with Crippen molar-refractivity contribution in [1.82, 2.24) is 0 Å². The molecule has 0 saturated heterocycles. The van der Waals surface area contributed by atoms with Crippen LogP contribution in [0.4, 0.5) is 17.1 Å². The molecule has 0 fully saturated rings. The van der Waals surface area contributed by atoms with Gasteiger partial charge in [0.25, 0.3) is 0 Å². The van der Waals surface area contributed by atoms with Crippen molar-refractivity contribution in [3.8, 4) is 44.5 Å². The van der Waals surface area contributed by atoms with Gasteiger partial charge < -0.3 is 13.7 Å². The monoisotopic (exact) mass is 815 g/mol. The number of hydrogen-bond acceptors (Lipinski definition) is 3. The summed E-state index contributed by atoms with van der Waals surface area (Å²) in [7, 11) is 0. The summed E-state index contributed by atoms with van der Waals surface area (Å²) in [6, 6.07) is 81.5. The van der Waals surface area contributed by atoms with Crippen LogP contribution in [0.5, 0.6) is 0 Å². The summed E-state index contributed by atoms with van der Waals surface area (Å²) in [6.07, 6.45) is 0. The normalized spacial score (nSPS) is 13.1. The Bertz CT molecular complexity index is 3780. The van der Waals surface area contributed by atoms with Gasteiger partial charge in [0, 0.05) is 44.7 Å². The van der Waals surface area contributed by atoms with Crippen LogP contribution in [0.15, 0.2) is 233 Å². The molecule has 2 aliphatic rings. The van der Waals surface area contributed by atoms with E-state index in [1.165, 1.54) is 61.2 Å². The van der Waals surface area contributed by atoms with Crippen LogP contribution in [-0.2, 0) is 5.41 Å². The number of anilines is 3. The standard InChI is InChI=1S/C61H37NO2/c1-3-13-38(14-4-1)40-23-26-42(27-24-40)62(43-28-30-48-47-19-9-12-22-55(47)61(56(48)34-43)53-20-10-7-17-45(53)46-18-8-11-21-54(46)61)44-29-31-49-51-36-60-52(37-59(51)64-58(49)35-44)50-33-41(25-32-57(50)63-60)39-15-5-2-6-16-39/h1-37H. The van der Waals surface area contributed by atoms with Gasteiger partial charge in [-0.1, -0.05) is 158 Å². The second-order valence-corrected chi connectivity index (χ2v) is 17.2. The van der Waals surface area contributed by atoms with Crippen molar-refractivity contribution in [2.24, 2.45) is 0 Å². The fourth-order valence-corrected chi connectivity index (χ4v) is 11.1. The quantitative estimate of drug-likeness (QED) is 0.173. The van der Waals surface area contributed by atoms with Crippen LogP contribution in [-0.4, -0.2) is 0 Å². The Morgan fingerprint density at radius 1 is 0.266 bits per heavy atom. The van der Waals surface area contributed by atoms with E-state index < -0.39 is 5.41 Å². The molecule has 0 saturated carbocycles. The van der Waals surface area contributed by atoms with E-state index in [9.17, 15) is 0 Å². The summed E-state index contributed by atoms with van der Waals surface area (Å²) in [4.78, 5) is 2.38. The van der Waals surface area contributed by atoms with Crippen molar-refractivity contribution < 1.29 is 8.83 Å². The lowest BCUT2D eigenvalue weighted by Gasteiger charge is -2.32.